The minimum absolute atomic E-state index is 0.138. The van der Waals surface area contributed by atoms with E-state index in [4.69, 9.17) is 5.73 Å². The Morgan fingerprint density at radius 2 is 1.85 bits per heavy atom. The molecule has 0 heterocycles. The van der Waals surface area contributed by atoms with E-state index in [1.54, 1.807) is 0 Å². The first-order valence-corrected chi connectivity index (χ1v) is 7.70. The first-order valence-electron chi connectivity index (χ1n) is 6.91. The van der Waals surface area contributed by atoms with Crippen LogP contribution < -0.4 is 10.6 Å². The molecule has 0 saturated carbocycles. The van der Waals surface area contributed by atoms with Gasteiger partial charge in [-0.1, -0.05) is 47.1 Å². The van der Waals surface area contributed by atoms with Crippen molar-refractivity contribution in [3.05, 3.63) is 64.1 Å². The number of nitrogens with two attached hydrogens (primary N) is 1. The lowest BCUT2D eigenvalue weighted by molar-refractivity contribution is 0.698. The van der Waals surface area contributed by atoms with Gasteiger partial charge in [0.25, 0.3) is 0 Å². The largest absolute Gasteiger partial charge is 0.370 e. The molecule has 20 heavy (non-hydrogen) atoms. The molecule has 0 fully saturated rings. The van der Waals surface area contributed by atoms with Gasteiger partial charge in [-0.05, 0) is 41.8 Å². The van der Waals surface area contributed by atoms with Crippen molar-refractivity contribution in [3.63, 3.8) is 0 Å². The predicted octanol–water partition coefficient (Wildman–Crippen LogP) is 4.50. The molecule has 3 heteroatoms. The van der Waals surface area contributed by atoms with Crippen LogP contribution in [0.2, 0.25) is 0 Å². The Morgan fingerprint density at radius 3 is 2.45 bits per heavy atom. The Labute approximate surface area is 129 Å². The van der Waals surface area contributed by atoms with Crippen LogP contribution >= 0.6 is 15.9 Å². The molecule has 0 aliphatic rings. The summed E-state index contributed by atoms with van der Waals surface area (Å²) in [6.45, 7) is 3.00. The highest BCUT2D eigenvalue weighted by Crippen LogP contribution is 2.21. The van der Waals surface area contributed by atoms with Crippen molar-refractivity contribution in [1.82, 2.24) is 0 Å². The second-order valence-electron chi connectivity index (χ2n) is 5.09. The average molecular weight is 333 g/mol. The molecule has 1 unspecified atom stereocenters. The standard InChI is InChI=1S/C17H21BrN2/c1-3-17(19)14-7-9-16(10-8-14)20(2)12-13-5-4-6-15(18)11-13/h4-11,17H,3,12,19H2,1-2H3. The quantitative estimate of drug-likeness (QED) is 0.873. The lowest BCUT2D eigenvalue weighted by atomic mass is 10.1. The van der Waals surface area contributed by atoms with E-state index in [-0.39, 0.29) is 6.04 Å². The number of anilines is 1. The molecule has 0 aliphatic heterocycles. The Hall–Kier alpha value is -1.32. The normalized spacial score (nSPS) is 12.2. The highest BCUT2D eigenvalue weighted by atomic mass is 79.9. The first kappa shape index (κ1) is 15.1. The highest BCUT2D eigenvalue weighted by Gasteiger charge is 2.06. The average Bonchev–Trinajstić information content (AvgIpc) is 2.46. The predicted molar refractivity (Wildman–Crippen MR) is 89.9 cm³/mol. The SMILES string of the molecule is CCC(N)c1ccc(N(C)Cc2cccc(Br)c2)cc1. The van der Waals surface area contributed by atoms with E-state index in [1.165, 1.54) is 16.8 Å². The molecule has 0 aliphatic carbocycles. The molecule has 0 radical (unpaired) electrons. The lowest BCUT2D eigenvalue weighted by Gasteiger charge is -2.20. The summed E-state index contributed by atoms with van der Waals surface area (Å²) in [4.78, 5) is 2.24. The van der Waals surface area contributed by atoms with Crippen LogP contribution in [0.3, 0.4) is 0 Å². The molecule has 106 valence electrons. The molecule has 0 aromatic heterocycles. The minimum atomic E-state index is 0.138. The molecular formula is C17H21BrN2. The maximum Gasteiger partial charge on any atom is 0.0426 e. The molecule has 0 spiro atoms. The molecule has 2 aromatic rings. The molecule has 2 rings (SSSR count). The zero-order valence-corrected chi connectivity index (χ0v) is 13.6. The smallest absolute Gasteiger partial charge is 0.0426 e. The van der Waals surface area contributed by atoms with Crippen LogP contribution in [0.4, 0.5) is 5.69 Å². The van der Waals surface area contributed by atoms with Crippen molar-refractivity contribution >= 4 is 21.6 Å². The van der Waals surface area contributed by atoms with Gasteiger partial charge in [0.15, 0.2) is 0 Å². The van der Waals surface area contributed by atoms with Crippen molar-refractivity contribution < 1.29 is 0 Å². The van der Waals surface area contributed by atoms with Gasteiger partial charge in [0.05, 0.1) is 0 Å². The Balaban J connectivity index is 2.07. The van der Waals surface area contributed by atoms with Gasteiger partial charge >= 0.3 is 0 Å². The van der Waals surface area contributed by atoms with Crippen molar-refractivity contribution in [2.75, 3.05) is 11.9 Å². The van der Waals surface area contributed by atoms with Gasteiger partial charge in [0, 0.05) is 29.8 Å². The van der Waals surface area contributed by atoms with Gasteiger partial charge in [-0.3, -0.25) is 0 Å². The monoisotopic (exact) mass is 332 g/mol. The van der Waals surface area contributed by atoms with Gasteiger partial charge in [-0.25, -0.2) is 0 Å². The second-order valence-corrected chi connectivity index (χ2v) is 6.01. The summed E-state index contributed by atoms with van der Waals surface area (Å²) in [7, 11) is 2.11. The maximum atomic E-state index is 6.04. The van der Waals surface area contributed by atoms with E-state index in [2.05, 4.69) is 77.3 Å². The molecule has 2 N–H and O–H groups in total. The molecular weight excluding hydrogens is 312 g/mol. The summed E-state index contributed by atoms with van der Waals surface area (Å²) in [6, 6.07) is 17.1. The van der Waals surface area contributed by atoms with E-state index < -0.39 is 0 Å². The van der Waals surface area contributed by atoms with Crippen molar-refractivity contribution in [3.8, 4) is 0 Å². The molecule has 2 nitrogen and oxygen atoms in total. The van der Waals surface area contributed by atoms with Gasteiger partial charge in [-0.15, -0.1) is 0 Å². The topological polar surface area (TPSA) is 29.3 Å². The summed E-state index contributed by atoms with van der Waals surface area (Å²) < 4.78 is 1.12. The third-order valence-electron chi connectivity index (χ3n) is 3.51. The fourth-order valence-electron chi connectivity index (χ4n) is 2.21. The Kier molecular flexibility index (Phi) is 5.21. The van der Waals surface area contributed by atoms with Gasteiger partial charge in [0.2, 0.25) is 0 Å². The third kappa shape index (κ3) is 3.84. The fourth-order valence-corrected chi connectivity index (χ4v) is 2.66. The van der Waals surface area contributed by atoms with E-state index in [0.29, 0.717) is 0 Å². The zero-order chi connectivity index (χ0) is 14.5. The van der Waals surface area contributed by atoms with E-state index in [0.717, 1.165) is 17.4 Å². The van der Waals surface area contributed by atoms with Crippen LogP contribution in [-0.2, 0) is 6.54 Å². The summed E-state index contributed by atoms with van der Waals surface area (Å²) in [5.41, 5.74) is 9.74. The summed E-state index contributed by atoms with van der Waals surface area (Å²) in [6.07, 6.45) is 0.966. The van der Waals surface area contributed by atoms with E-state index >= 15 is 0 Å². The number of halogens is 1. The van der Waals surface area contributed by atoms with Crippen molar-refractivity contribution in [2.24, 2.45) is 5.73 Å². The molecule has 0 amide bonds. The van der Waals surface area contributed by atoms with Crippen LogP contribution in [0.25, 0.3) is 0 Å². The first-order chi connectivity index (χ1) is 9.60. The van der Waals surface area contributed by atoms with Crippen LogP contribution in [0, 0.1) is 0 Å². The van der Waals surface area contributed by atoms with E-state index in [9.17, 15) is 0 Å². The number of rotatable bonds is 5. The molecule has 0 bridgehead atoms. The molecule has 2 aromatic carbocycles. The minimum Gasteiger partial charge on any atom is -0.370 e. The molecule has 1 atom stereocenters. The van der Waals surface area contributed by atoms with Crippen molar-refractivity contribution in [2.45, 2.75) is 25.9 Å². The van der Waals surface area contributed by atoms with E-state index in [1.807, 2.05) is 6.07 Å². The Morgan fingerprint density at radius 1 is 1.15 bits per heavy atom. The van der Waals surface area contributed by atoms with Gasteiger partial charge < -0.3 is 10.6 Å². The zero-order valence-electron chi connectivity index (χ0n) is 12.0. The van der Waals surface area contributed by atoms with Crippen molar-refractivity contribution in [1.29, 1.82) is 0 Å². The number of hydrogen-bond acceptors (Lipinski definition) is 2. The number of hydrogen-bond donors (Lipinski definition) is 1. The van der Waals surface area contributed by atoms with Crippen LogP contribution in [0.15, 0.2) is 53.0 Å². The summed E-state index contributed by atoms with van der Waals surface area (Å²) >= 11 is 3.51. The second kappa shape index (κ2) is 6.91. The number of benzene rings is 2. The third-order valence-corrected chi connectivity index (χ3v) is 4.00. The Bertz CT molecular complexity index is 551. The van der Waals surface area contributed by atoms with Crippen LogP contribution in [0.1, 0.15) is 30.5 Å². The van der Waals surface area contributed by atoms with Gasteiger partial charge in [-0.2, -0.15) is 0 Å². The van der Waals surface area contributed by atoms with Crippen LogP contribution in [-0.4, -0.2) is 7.05 Å². The van der Waals surface area contributed by atoms with Gasteiger partial charge in [0.1, 0.15) is 0 Å². The summed E-state index contributed by atoms with van der Waals surface area (Å²) in [5.74, 6) is 0. The van der Waals surface area contributed by atoms with Crippen LogP contribution in [0.5, 0.6) is 0 Å². The lowest BCUT2D eigenvalue weighted by Crippen LogP contribution is -2.16. The fraction of sp³-hybridized carbons (Fsp3) is 0.294. The number of nitrogens with zero attached hydrogens (tertiary/aromatic N) is 1. The highest BCUT2D eigenvalue weighted by molar-refractivity contribution is 9.10. The maximum absolute atomic E-state index is 6.04. The summed E-state index contributed by atoms with van der Waals surface area (Å²) in [5, 5.41) is 0. The molecule has 0 saturated heterocycles.